The third kappa shape index (κ3) is 5.06. The van der Waals surface area contributed by atoms with Crippen molar-refractivity contribution in [3.8, 4) is 5.69 Å². The fourth-order valence-corrected chi connectivity index (χ4v) is 4.10. The second-order valence-electron chi connectivity index (χ2n) is 8.59. The Kier molecular flexibility index (Phi) is 7.31. The minimum Gasteiger partial charge on any atom is -0.462 e. The lowest BCUT2D eigenvalue weighted by Crippen LogP contribution is -2.43. The normalized spacial score (nSPS) is 18.6. The molecule has 1 aromatic heterocycles. The molecule has 1 saturated carbocycles. The van der Waals surface area contributed by atoms with Gasteiger partial charge in [0.25, 0.3) is 0 Å². The lowest BCUT2D eigenvalue weighted by molar-refractivity contribution is -0.123. The van der Waals surface area contributed by atoms with Gasteiger partial charge in [0.1, 0.15) is 5.56 Å². The fraction of sp³-hybridized carbons (Fsp3) is 0.480. The molecule has 0 bridgehead atoms. The highest BCUT2D eigenvalue weighted by atomic mass is 16.5. The van der Waals surface area contributed by atoms with E-state index in [4.69, 9.17) is 4.74 Å². The van der Waals surface area contributed by atoms with Gasteiger partial charge < -0.3 is 4.74 Å². The van der Waals surface area contributed by atoms with Gasteiger partial charge in [-0.3, -0.25) is 9.69 Å². The van der Waals surface area contributed by atoms with Gasteiger partial charge in [-0.05, 0) is 70.1 Å². The Balaban J connectivity index is 2.02. The van der Waals surface area contributed by atoms with E-state index in [1.807, 2.05) is 38.1 Å². The van der Waals surface area contributed by atoms with E-state index in [2.05, 4.69) is 18.6 Å². The summed E-state index contributed by atoms with van der Waals surface area (Å²) >= 11 is 0. The molecule has 31 heavy (non-hydrogen) atoms. The summed E-state index contributed by atoms with van der Waals surface area (Å²) < 4.78 is 6.92. The second-order valence-corrected chi connectivity index (χ2v) is 8.59. The molecule has 0 spiro atoms. The van der Waals surface area contributed by atoms with E-state index in [9.17, 15) is 9.59 Å². The van der Waals surface area contributed by atoms with Gasteiger partial charge in [0, 0.05) is 18.2 Å². The lowest BCUT2D eigenvalue weighted by Gasteiger charge is -2.32. The van der Waals surface area contributed by atoms with Crippen LogP contribution in [0.15, 0.2) is 37.0 Å². The number of hydrogen-bond acceptors (Lipinski definition) is 4. The van der Waals surface area contributed by atoms with Crippen LogP contribution in [0.1, 0.15) is 69.3 Å². The van der Waals surface area contributed by atoms with Crippen LogP contribution in [-0.4, -0.2) is 34.3 Å². The summed E-state index contributed by atoms with van der Waals surface area (Å²) in [6, 6.07) is 7.55. The number of amides is 1. The number of rotatable bonds is 7. The van der Waals surface area contributed by atoms with Crippen LogP contribution in [0.4, 0.5) is 5.82 Å². The number of esters is 1. The van der Waals surface area contributed by atoms with Crippen LogP contribution in [0.3, 0.4) is 0 Å². The zero-order valence-electron chi connectivity index (χ0n) is 19.0. The number of aromatic nitrogens is 2. The molecule has 1 amide bonds. The topological polar surface area (TPSA) is 64.4 Å². The maximum atomic E-state index is 13.5. The summed E-state index contributed by atoms with van der Waals surface area (Å²) in [6.07, 6.45) is 7.28. The van der Waals surface area contributed by atoms with Crippen molar-refractivity contribution in [3.05, 3.63) is 48.2 Å². The standard InChI is InChI=1S/C25H33N3O3/c1-6-19-10-14-21(15-11-19)27-16-22(25(30)31-7-2)23(26-27)28(17(3)4)24(29)20-12-8-18(5)9-13-20/h6,10-11,14-18,20H,1,7-9,12-13H2,2-5H3. The molecule has 166 valence electrons. The largest absolute Gasteiger partial charge is 0.462 e. The van der Waals surface area contributed by atoms with Gasteiger partial charge in [0.05, 0.1) is 12.3 Å². The summed E-state index contributed by atoms with van der Waals surface area (Å²) in [5.41, 5.74) is 2.10. The number of benzene rings is 1. The molecule has 0 radical (unpaired) electrons. The molecule has 3 rings (SSSR count). The molecule has 1 heterocycles. The summed E-state index contributed by atoms with van der Waals surface area (Å²) in [5.74, 6) is 0.557. The quantitative estimate of drug-likeness (QED) is 0.570. The first-order valence-corrected chi connectivity index (χ1v) is 11.2. The molecular weight excluding hydrogens is 390 g/mol. The zero-order valence-corrected chi connectivity index (χ0v) is 19.0. The highest BCUT2D eigenvalue weighted by Gasteiger charge is 2.34. The van der Waals surface area contributed by atoms with Crippen molar-refractivity contribution in [2.75, 3.05) is 11.5 Å². The summed E-state index contributed by atoms with van der Waals surface area (Å²) in [7, 11) is 0. The first-order chi connectivity index (χ1) is 14.8. The lowest BCUT2D eigenvalue weighted by atomic mass is 9.82. The molecule has 1 aliphatic carbocycles. The van der Waals surface area contributed by atoms with Gasteiger partial charge >= 0.3 is 5.97 Å². The molecule has 1 aromatic carbocycles. The summed E-state index contributed by atoms with van der Waals surface area (Å²) in [6.45, 7) is 11.9. The third-order valence-corrected chi connectivity index (χ3v) is 5.93. The molecule has 6 nitrogen and oxygen atoms in total. The SMILES string of the molecule is C=Cc1ccc(-n2cc(C(=O)OCC)c(N(C(=O)C3CCC(C)CC3)C(C)C)n2)cc1. The van der Waals surface area contributed by atoms with Crippen molar-refractivity contribution < 1.29 is 14.3 Å². The minimum absolute atomic E-state index is 0.0364. The Labute approximate surface area is 184 Å². The molecule has 0 saturated heterocycles. The monoisotopic (exact) mass is 423 g/mol. The van der Waals surface area contributed by atoms with E-state index in [-0.39, 0.29) is 24.5 Å². The Morgan fingerprint density at radius 1 is 1.23 bits per heavy atom. The first-order valence-electron chi connectivity index (χ1n) is 11.2. The molecular formula is C25H33N3O3. The van der Waals surface area contributed by atoms with E-state index >= 15 is 0 Å². The van der Waals surface area contributed by atoms with Crippen molar-refractivity contribution in [2.45, 2.75) is 59.4 Å². The third-order valence-electron chi connectivity index (χ3n) is 5.93. The molecule has 1 aliphatic rings. The second kappa shape index (κ2) is 9.94. The number of nitrogens with zero attached hydrogens (tertiary/aromatic N) is 3. The van der Waals surface area contributed by atoms with Gasteiger partial charge in [0.15, 0.2) is 5.82 Å². The first kappa shape index (κ1) is 22.8. The van der Waals surface area contributed by atoms with Gasteiger partial charge in [-0.15, -0.1) is 5.10 Å². The summed E-state index contributed by atoms with van der Waals surface area (Å²) in [4.78, 5) is 28.0. The van der Waals surface area contributed by atoms with Crippen molar-refractivity contribution >= 4 is 23.8 Å². The molecule has 1 fully saturated rings. The van der Waals surface area contributed by atoms with Crippen molar-refractivity contribution in [3.63, 3.8) is 0 Å². The Hall–Kier alpha value is -2.89. The van der Waals surface area contributed by atoms with Gasteiger partial charge in [0.2, 0.25) is 5.91 Å². The molecule has 0 unspecified atom stereocenters. The van der Waals surface area contributed by atoms with Gasteiger partial charge in [-0.1, -0.05) is 31.7 Å². The average Bonchev–Trinajstić information content (AvgIpc) is 3.19. The Bertz CT molecular complexity index is 922. The van der Waals surface area contributed by atoms with Crippen LogP contribution in [0, 0.1) is 11.8 Å². The van der Waals surface area contributed by atoms with E-state index < -0.39 is 5.97 Å². The highest BCUT2D eigenvalue weighted by molar-refractivity contribution is 6.02. The number of carbonyl (C=O) groups is 2. The van der Waals surface area contributed by atoms with Crippen LogP contribution >= 0.6 is 0 Å². The van der Waals surface area contributed by atoms with Crippen molar-refractivity contribution in [1.29, 1.82) is 0 Å². The number of ether oxygens (including phenoxy) is 1. The van der Waals surface area contributed by atoms with Crippen molar-refractivity contribution in [2.24, 2.45) is 11.8 Å². The Morgan fingerprint density at radius 2 is 1.87 bits per heavy atom. The van der Waals surface area contributed by atoms with Gasteiger partial charge in [-0.25, -0.2) is 9.48 Å². The van der Waals surface area contributed by atoms with E-state index in [0.29, 0.717) is 17.3 Å². The predicted molar refractivity (Wildman–Crippen MR) is 123 cm³/mol. The number of hydrogen-bond donors (Lipinski definition) is 0. The van der Waals surface area contributed by atoms with Crippen LogP contribution in [0.25, 0.3) is 11.8 Å². The molecule has 6 heteroatoms. The zero-order chi connectivity index (χ0) is 22.5. The van der Waals surface area contributed by atoms with Gasteiger partial charge in [-0.2, -0.15) is 0 Å². The van der Waals surface area contributed by atoms with E-state index in [1.54, 1.807) is 28.8 Å². The molecule has 2 aromatic rings. The van der Waals surface area contributed by atoms with E-state index in [0.717, 1.165) is 36.9 Å². The maximum Gasteiger partial charge on any atom is 0.343 e. The van der Waals surface area contributed by atoms with Crippen molar-refractivity contribution in [1.82, 2.24) is 9.78 Å². The molecule has 0 atom stereocenters. The predicted octanol–water partition coefficient (Wildman–Crippen LogP) is 5.26. The smallest absolute Gasteiger partial charge is 0.343 e. The molecule has 0 N–H and O–H groups in total. The van der Waals surface area contributed by atoms with Crippen LogP contribution in [0.5, 0.6) is 0 Å². The minimum atomic E-state index is -0.470. The highest BCUT2D eigenvalue weighted by Crippen LogP contribution is 2.33. The average molecular weight is 424 g/mol. The Morgan fingerprint density at radius 3 is 2.42 bits per heavy atom. The van der Waals surface area contributed by atoms with Crippen LogP contribution in [-0.2, 0) is 9.53 Å². The van der Waals surface area contributed by atoms with Crippen LogP contribution < -0.4 is 4.90 Å². The number of carbonyl (C=O) groups excluding carboxylic acids is 2. The fourth-order valence-electron chi connectivity index (χ4n) is 4.10. The number of anilines is 1. The van der Waals surface area contributed by atoms with E-state index in [1.165, 1.54) is 0 Å². The summed E-state index contributed by atoms with van der Waals surface area (Å²) in [5, 5.41) is 4.69. The maximum absolute atomic E-state index is 13.5. The molecule has 0 aliphatic heterocycles. The van der Waals surface area contributed by atoms with Crippen LogP contribution in [0.2, 0.25) is 0 Å².